The van der Waals surface area contributed by atoms with Crippen molar-refractivity contribution >= 4 is 11.7 Å². The Hall–Kier alpha value is -3.35. The maximum Gasteiger partial charge on any atom is 0.350 e. The minimum atomic E-state index is -0.174. The summed E-state index contributed by atoms with van der Waals surface area (Å²) >= 11 is 0. The Balaban J connectivity index is 1.57. The second-order valence-electron chi connectivity index (χ2n) is 7.52. The second-order valence-corrected chi connectivity index (χ2v) is 7.52. The molecule has 1 fully saturated rings. The van der Waals surface area contributed by atoms with Crippen LogP contribution >= 0.6 is 0 Å². The normalized spacial score (nSPS) is 16.6. The molecule has 0 radical (unpaired) electrons. The van der Waals surface area contributed by atoms with Gasteiger partial charge in [0.15, 0.2) is 0 Å². The molecule has 1 saturated heterocycles. The van der Waals surface area contributed by atoms with Crippen molar-refractivity contribution < 1.29 is 4.79 Å². The van der Waals surface area contributed by atoms with Crippen LogP contribution in [0.5, 0.6) is 0 Å². The predicted octanol–water partition coefficient (Wildman–Crippen LogP) is 3.29. The van der Waals surface area contributed by atoms with Crippen LogP contribution in [-0.2, 0) is 7.05 Å². The van der Waals surface area contributed by atoms with Gasteiger partial charge in [0, 0.05) is 31.7 Å². The smallest absolute Gasteiger partial charge is 0.324 e. The van der Waals surface area contributed by atoms with Crippen LogP contribution in [0.3, 0.4) is 0 Å². The molecule has 0 saturated carbocycles. The number of urea groups is 1. The van der Waals surface area contributed by atoms with Gasteiger partial charge in [-0.1, -0.05) is 30.3 Å². The van der Waals surface area contributed by atoms with E-state index in [-0.39, 0.29) is 17.6 Å². The number of para-hydroxylation sites is 1. The van der Waals surface area contributed by atoms with Crippen molar-refractivity contribution in [3.8, 4) is 5.69 Å². The molecule has 29 heavy (non-hydrogen) atoms. The van der Waals surface area contributed by atoms with Gasteiger partial charge in [0.25, 0.3) is 0 Å². The van der Waals surface area contributed by atoms with E-state index in [1.165, 1.54) is 4.68 Å². The molecule has 7 nitrogen and oxygen atoms in total. The highest BCUT2D eigenvalue weighted by atomic mass is 16.2. The third-order valence-electron chi connectivity index (χ3n) is 5.31. The van der Waals surface area contributed by atoms with E-state index in [2.05, 4.69) is 10.4 Å². The maximum atomic E-state index is 12.8. The largest absolute Gasteiger partial charge is 0.350 e. The van der Waals surface area contributed by atoms with E-state index in [0.717, 1.165) is 29.8 Å². The average Bonchev–Trinajstić information content (AvgIpc) is 3.03. The van der Waals surface area contributed by atoms with Crippen molar-refractivity contribution in [1.29, 1.82) is 0 Å². The van der Waals surface area contributed by atoms with E-state index >= 15 is 0 Å². The summed E-state index contributed by atoms with van der Waals surface area (Å²) < 4.78 is 3.03. The first-order valence-electron chi connectivity index (χ1n) is 9.87. The van der Waals surface area contributed by atoms with E-state index in [0.29, 0.717) is 18.9 Å². The van der Waals surface area contributed by atoms with Crippen molar-refractivity contribution in [2.45, 2.75) is 25.7 Å². The fraction of sp³-hybridized carbons (Fsp3) is 0.318. The molecule has 0 aliphatic carbocycles. The molecule has 2 heterocycles. The lowest BCUT2D eigenvalue weighted by atomic mass is 9.97. The molecule has 1 aromatic heterocycles. The fourth-order valence-corrected chi connectivity index (χ4v) is 3.87. The highest BCUT2D eigenvalue weighted by Gasteiger charge is 2.29. The summed E-state index contributed by atoms with van der Waals surface area (Å²) in [6.07, 6.45) is 1.75. The summed E-state index contributed by atoms with van der Waals surface area (Å²) in [5, 5.41) is 7.49. The molecule has 150 valence electrons. The van der Waals surface area contributed by atoms with E-state index in [1.807, 2.05) is 66.4 Å². The van der Waals surface area contributed by atoms with Crippen LogP contribution in [0.15, 0.2) is 59.4 Å². The Kier molecular flexibility index (Phi) is 5.20. The van der Waals surface area contributed by atoms with Crippen molar-refractivity contribution in [2.24, 2.45) is 7.05 Å². The third kappa shape index (κ3) is 3.94. The number of anilines is 1. The molecule has 4 rings (SSSR count). The number of hydrogen-bond donors (Lipinski definition) is 1. The van der Waals surface area contributed by atoms with E-state index < -0.39 is 0 Å². The zero-order valence-corrected chi connectivity index (χ0v) is 16.7. The lowest BCUT2D eigenvalue weighted by Crippen LogP contribution is -2.42. The van der Waals surface area contributed by atoms with Gasteiger partial charge in [0.2, 0.25) is 0 Å². The fourth-order valence-electron chi connectivity index (χ4n) is 3.87. The molecule has 2 amide bonds. The number of aryl methyl sites for hydroxylation is 2. The Labute approximate surface area is 169 Å². The summed E-state index contributed by atoms with van der Waals surface area (Å²) in [7, 11) is 1.66. The Morgan fingerprint density at radius 3 is 2.69 bits per heavy atom. The predicted molar refractivity (Wildman–Crippen MR) is 113 cm³/mol. The van der Waals surface area contributed by atoms with Gasteiger partial charge in [-0.25, -0.2) is 18.8 Å². The number of carbonyl (C=O) groups excluding carboxylic acids is 1. The summed E-state index contributed by atoms with van der Waals surface area (Å²) in [5.41, 5.74) is 2.50. The summed E-state index contributed by atoms with van der Waals surface area (Å²) in [5.74, 6) is 0.706. The molecule has 1 N–H and O–H groups in total. The van der Waals surface area contributed by atoms with E-state index in [1.54, 1.807) is 11.6 Å². The molecule has 1 aliphatic heterocycles. The number of nitrogens with zero attached hydrogens (tertiary/aromatic N) is 4. The van der Waals surface area contributed by atoms with Gasteiger partial charge in [-0.05, 0) is 49.6 Å². The molecule has 1 atom stereocenters. The number of rotatable bonds is 3. The molecule has 0 spiro atoms. The zero-order chi connectivity index (χ0) is 20.4. The third-order valence-corrected chi connectivity index (χ3v) is 5.31. The first-order valence-corrected chi connectivity index (χ1v) is 9.87. The lowest BCUT2D eigenvalue weighted by molar-refractivity contribution is 0.191. The van der Waals surface area contributed by atoms with E-state index in [9.17, 15) is 9.59 Å². The van der Waals surface area contributed by atoms with Gasteiger partial charge in [-0.3, -0.25) is 0 Å². The van der Waals surface area contributed by atoms with Gasteiger partial charge >= 0.3 is 11.7 Å². The second kappa shape index (κ2) is 7.95. The SMILES string of the molecule is Cc1cccc(NC(=O)N2CCCC(c3nn(C)c(=O)n3-c3ccccc3)C2)c1. The number of carbonyl (C=O) groups is 1. The number of likely N-dealkylation sites (tertiary alicyclic amines) is 1. The Morgan fingerprint density at radius 1 is 1.14 bits per heavy atom. The van der Waals surface area contributed by atoms with Crippen LogP contribution in [0.25, 0.3) is 5.69 Å². The van der Waals surface area contributed by atoms with Crippen molar-refractivity contribution in [3.05, 3.63) is 76.5 Å². The van der Waals surface area contributed by atoms with Crippen molar-refractivity contribution in [2.75, 3.05) is 18.4 Å². The number of piperidine rings is 1. The van der Waals surface area contributed by atoms with Gasteiger partial charge in [-0.15, -0.1) is 0 Å². The highest BCUT2D eigenvalue weighted by Crippen LogP contribution is 2.27. The molecule has 1 aliphatic rings. The molecule has 0 bridgehead atoms. The minimum absolute atomic E-state index is 0.00103. The maximum absolute atomic E-state index is 12.8. The van der Waals surface area contributed by atoms with Crippen LogP contribution in [0.4, 0.5) is 10.5 Å². The number of aromatic nitrogens is 3. The zero-order valence-electron chi connectivity index (χ0n) is 16.7. The Bertz CT molecular complexity index is 1070. The minimum Gasteiger partial charge on any atom is -0.324 e. The molecule has 2 aromatic carbocycles. The van der Waals surface area contributed by atoms with Crippen LogP contribution < -0.4 is 11.0 Å². The molecular weight excluding hydrogens is 366 g/mol. The molecular formula is C22H25N5O2. The average molecular weight is 391 g/mol. The lowest BCUT2D eigenvalue weighted by Gasteiger charge is -2.32. The van der Waals surface area contributed by atoms with Crippen LogP contribution in [0.2, 0.25) is 0 Å². The summed E-state index contributed by atoms with van der Waals surface area (Å²) in [6, 6.07) is 17.2. The van der Waals surface area contributed by atoms with Gasteiger partial charge in [-0.2, -0.15) is 5.10 Å². The van der Waals surface area contributed by atoms with E-state index in [4.69, 9.17) is 0 Å². The van der Waals surface area contributed by atoms with Crippen LogP contribution in [0.1, 0.15) is 30.1 Å². The van der Waals surface area contributed by atoms with Gasteiger partial charge < -0.3 is 10.2 Å². The van der Waals surface area contributed by atoms with Crippen LogP contribution in [0, 0.1) is 6.92 Å². The first kappa shape index (κ1) is 19.0. The number of hydrogen-bond acceptors (Lipinski definition) is 3. The first-order chi connectivity index (χ1) is 14.0. The number of amides is 2. The van der Waals surface area contributed by atoms with Gasteiger partial charge in [0.1, 0.15) is 5.82 Å². The number of nitrogens with one attached hydrogen (secondary N) is 1. The molecule has 1 unspecified atom stereocenters. The molecule has 7 heteroatoms. The van der Waals surface area contributed by atoms with Gasteiger partial charge in [0.05, 0.1) is 5.69 Å². The van der Waals surface area contributed by atoms with Crippen LogP contribution in [-0.4, -0.2) is 38.4 Å². The van der Waals surface area contributed by atoms with Crippen molar-refractivity contribution in [3.63, 3.8) is 0 Å². The number of benzene rings is 2. The summed E-state index contributed by atoms with van der Waals surface area (Å²) in [4.78, 5) is 27.3. The summed E-state index contributed by atoms with van der Waals surface area (Å²) in [6.45, 7) is 3.22. The monoisotopic (exact) mass is 391 g/mol. The Morgan fingerprint density at radius 2 is 1.93 bits per heavy atom. The molecule has 3 aromatic rings. The topological polar surface area (TPSA) is 72.2 Å². The van der Waals surface area contributed by atoms with Crippen molar-refractivity contribution in [1.82, 2.24) is 19.2 Å². The standard InChI is InChI=1S/C22H25N5O2/c1-16-8-6-10-18(14-16)23-21(28)26-13-7-9-17(15-26)20-24-25(2)22(29)27(20)19-11-4-3-5-12-19/h3-6,8,10-12,14,17H,7,9,13,15H2,1-2H3,(H,23,28). The quantitative estimate of drug-likeness (QED) is 0.745. The highest BCUT2D eigenvalue weighted by molar-refractivity contribution is 5.89.